The predicted octanol–water partition coefficient (Wildman–Crippen LogP) is 2.14. The Labute approximate surface area is 144 Å². The Morgan fingerprint density at radius 2 is 2.24 bits per heavy atom. The van der Waals surface area contributed by atoms with E-state index in [9.17, 15) is 9.59 Å². The number of aromatic nitrogens is 1. The second-order valence-electron chi connectivity index (χ2n) is 6.39. The molecule has 1 atom stereocenters. The Balaban J connectivity index is 1.69. The van der Waals surface area contributed by atoms with Crippen molar-refractivity contribution in [1.82, 2.24) is 15.4 Å². The molecule has 1 aliphatic heterocycles. The fourth-order valence-corrected chi connectivity index (χ4v) is 3.75. The normalized spacial score (nSPS) is 21.8. The van der Waals surface area contributed by atoms with Crippen molar-refractivity contribution in [2.75, 3.05) is 7.11 Å². The van der Waals surface area contributed by atoms with Gasteiger partial charge in [0, 0.05) is 5.56 Å². The quantitative estimate of drug-likeness (QED) is 0.861. The minimum absolute atomic E-state index is 0.165. The van der Waals surface area contributed by atoms with E-state index in [1.165, 1.54) is 11.2 Å². The Kier molecular flexibility index (Phi) is 3.52. The lowest BCUT2D eigenvalue weighted by molar-refractivity contribution is -0.132. The number of imide groups is 1. The molecule has 2 aromatic rings. The molecule has 0 radical (unpaired) electrons. The topological polar surface area (TPSA) is 84.7 Å². The van der Waals surface area contributed by atoms with Crippen LogP contribution in [0.1, 0.15) is 35.7 Å². The monoisotopic (exact) mass is 341 g/mol. The maximum Gasteiger partial charge on any atom is 0.325 e. The van der Waals surface area contributed by atoms with Crippen LogP contribution in [0.25, 0.3) is 0 Å². The first kappa shape index (κ1) is 15.7. The number of amides is 3. The van der Waals surface area contributed by atoms with Crippen LogP contribution < -0.4 is 10.1 Å². The zero-order chi connectivity index (χ0) is 17.6. The number of fused-ring (bicyclic) bond motifs is 2. The number of ether oxygens (including phenoxy) is 1. The van der Waals surface area contributed by atoms with Gasteiger partial charge in [-0.05, 0) is 42.5 Å². The van der Waals surface area contributed by atoms with Crippen LogP contribution >= 0.6 is 0 Å². The first-order chi connectivity index (χ1) is 12.1. The Bertz CT molecular complexity index is 860. The third-order valence-electron chi connectivity index (χ3n) is 5.11. The summed E-state index contributed by atoms with van der Waals surface area (Å²) in [5, 5.41) is 6.83. The molecule has 1 spiro atoms. The maximum atomic E-state index is 13.2. The molecule has 130 valence electrons. The summed E-state index contributed by atoms with van der Waals surface area (Å²) in [6.07, 6.45) is 3.48. The van der Waals surface area contributed by atoms with Gasteiger partial charge in [-0.15, -0.1) is 0 Å². The SMILES string of the molecule is CCc1nocc1CN1C(=O)N[C@]2(CCc3ccc(OC)cc32)C1=O. The zero-order valence-corrected chi connectivity index (χ0v) is 14.2. The smallest absolute Gasteiger partial charge is 0.325 e. The van der Waals surface area contributed by atoms with E-state index in [-0.39, 0.29) is 18.5 Å². The number of aryl methyl sites for hydroxylation is 2. The number of urea groups is 1. The first-order valence-electron chi connectivity index (χ1n) is 8.32. The first-order valence-corrected chi connectivity index (χ1v) is 8.32. The molecule has 1 N–H and O–H groups in total. The van der Waals surface area contributed by atoms with E-state index in [0.29, 0.717) is 18.6 Å². The highest BCUT2D eigenvalue weighted by atomic mass is 16.5. The standard InChI is InChI=1S/C18H19N3O4/c1-3-15-12(10-25-20-15)9-21-16(22)18(19-17(21)23)7-6-11-4-5-13(24-2)8-14(11)18/h4-5,8,10H,3,6-7,9H2,1-2H3,(H,19,23)/t18-/m0/s1. The molecule has 25 heavy (non-hydrogen) atoms. The number of carbonyl (C=O) groups excluding carboxylic acids is 2. The van der Waals surface area contributed by atoms with Gasteiger partial charge in [0.2, 0.25) is 0 Å². The summed E-state index contributed by atoms with van der Waals surface area (Å²) in [4.78, 5) is 27.0. The van der Waals surface area contributed by atoms with Gasteiger partial charge in [0.25, 0.3) is 5.91 Å². The van der Waals surface area contributed by atoms with Crippen molar-refractivity contribution in [3.8, 4) is 5.75 Å². The summed E-state index contributed by atoms with van der Waals surface area (Å²) in [6, 6.07) is 5.30. The lowest BCUT2D eigenvalue weighted by atomic mass is 9.91. The van der Waals surface area contributed by atoms with E-state index in [4.69, 9.17) is 9.26 Å². The van der Waals surface area contributed by atoms with Crippen LogP contribution in [0.4, 0.5) is 4.79 Å². The highest BCUT2D eigenvalue weighted by Crippen LogP contribution is 2.43. The molecule has 0 unspecified atom stereocenters. The summed E-state index contributed by atoms with van der Waals surface area (Å²) < 4.78 is 10.3. The van der Waals surface area contributed by atoms with Crippen LogP contribution in [0.5, 0.6) is 5.75 Å². The third-order valence-corrected chi connectivity index (χ3v) is 5.11. The summed E-state index contributed by atoms with van der Waals surface area (Å²) in [7, 11) is 1.59. The molecule has 1 fully saturated rings. The van der Waals surface area contributed by atoms with Gasteiger partial charge in [0.05, 0.1) is 19.3 Å². The van der Waals surface area contributed by atoms with Gasteiger partial charge in [-0.25, -0.2) is 4.79 Å². The molecule has 2 aliphatic rings. The summed E-state index contributed by atoms with van der Waals surface area (Å²) in [5.41, 5.74) is 2.41. The predicted molar refractivity (Wildman–Crippen MR) is 88.0 cm³/mol. The van der Waals surface area contributed by atoms with Crippen LogP contribution in [0, 0.1) is 0 Å². The van der Waals surface area contributed by atoms with Gasteiger partial charge < -0.3 is 14.6 Å². The maximum absolute atomic E-state index is 13.2. The summed E-state index contributed by atoms with van der Waals surface area (Å²) in [6.45, 7) is 2.12. The molecule has 4 rings (SSSR count). The number of nitrogens with one attached hydrogen (secondary N) is 1. The summed E-state index contributed by atoms with van der Waals surface area (Å²) in [5.74, 6) is 0.445. The molecule has 7 nitrogen and oxygen atoms in total. The molecule has 1 aliphatic carbocycles. The molecule has 3 amide bonds. The minimum Gasteiger partial charge on any atom is -0.497 e. The lowest BCUT2D eigenvalue weighted by Crippen LogP contribution is -2.41. The largest absolute Gasteiger partial charge is 0.497 e. The molecule has 7 heteroatoms. The molecule has 0 bridgehead atoms. The number of methoxy groups -OCH3 is 1. The Morgan fingerprint density at radius 1 is 1.40 bits per heavy atom. The van der Waals surface area contributed by atoms with Crippen molar-refractivity contribution in [2.24, 2.45) is 0 Å². The second-order valence-corrected chi connectivity index (χ2v) is 6.39. The van der Waals surface area contributed by atoms with E-state index in [1.807, 2.05) is 25.1 Å². The molecule has 0 saturated carbocycles. The third kappa shape index (κ3) is 2.22. The second kappa shape index (κ2) is 5.61. The molecule has 1 aromatic carbocycles. The van der Waals surface area contributed by atoms with Gasteiger partial charge >= 0.3 is 6.03 Å². The van der Waals surface area contributed by atoms with Gasteiger partial charge in [-0.3, -0.25) is 9.69 Å². The van der Waals surface area contributed by atoms with E-state index in [1.54, 1.807) is 7.11 Å². The number of rotatable bonds is 4. The molecular formula is C18H19N3O4. The van der Waals surface area contributed by atoms with Crippen LogP contribution in [0.15, 0.2) is 29.0 Å². The molecular weight excluding hydrogens is 322 g/mol. The van der Waals surface area contributed by atoms with Crippen molar-refractivity contribution in [3.63, 3.8) is 0 Å². The number of carbonyl (C=O) groups is 2. The van der Waals surface area contributed by atoms with Gasteiger partial charge in [0.1, 0.15) is 17.6 Å². The van der Waals surface area contributed by atoms with Crippen LogP contribution in [-0.2, 0) is 29.7 Å². The van der Waals surface area contributed by atoms with E-state index in [0.717, 1.165) is 28.8 Å². The Morgan fingerprint density at radius 3 is 3.00 bits per heavy atom. The zero-order valence-electron chi connectivity index (χ0n) is 14.2. The average molecular weight is 341 g/mol. The number of hydrogen-bond donors (Lipinski definition) is 1. The lowest BCUT2D eigenvalue weighted by Gasteiger charge is -2.22. The van der Waals surface area contributed by atoms with Gasteiger partial charge in [-0.2, -0.15) is 0 Å². The van der Waals surface area contributed by atoms with Gasteiger partial charge in [0.15, 0.2) is 0 Å². The van der Waals surface area contributed by atoms with E-state index >= 15 is 0 Å². The van der Waals surface area contributed by atoms with Crippen molar-refractivity contribution >= 4 is 11.9 Å². The van der Waals surface area contributed by atoms with Crippen molar-refractivity contribution in [3.05, 3.63) is 46.8 Å². The fourth-order valence-electron chi connectivity index (χ4n) is 3.75. The van der Waals surface area contributed by atoms with Crippen LogP contribution in [0.3, 0.4) is 0 Å². The average Bonchev–Trinajstić information content (AvgIpc) is 3.29. The van der Waals surface area contributed by atoms with Crippen LogP contribution in [-0.4, -0.2) is 29.1 Å². The van der Waals surface area contributed by atoms with Gasteiger partial charge in [-0.1, -0.05) is 18.1 Å². The number of benzene rings is 1. The molecule has 2 heterocycles. The highest BCUT2D eigenvalue weighted by Gasteiger charge is 2.55. The number of nitrogens with zero attached hydrogens (tertiary/aromatic N) is 2. The Hall–Kier alpha value is -2.83. The number of hydrogen-bond acceptors (Lipinski definition) is 5. The highest BCUT2D eigenvalue weighted by molar-refractivity contribution is 6.08. The molecule has 1 aromatic heterocycles. The van der Waals surface area contributed by atoms with E-state index < -0.39 is 5.54 Å². The fraction of sp³-hybridized carbons (Fsp3) is 0.389. The minimum atomic E-state index is -0.996. The van der Waals surface area contributed by atoms with Crippen molar-refractivity contribution in [1.29, 1.82) is 0 Å². The van der Waals surface area contributed by atoms with E-state index in [2.05, 4.69) is 10.5 Å². The van der Waals surface area contributed by atoms with Crippen LogP contribution in [0.2, 0.25) is 0 Å². The summed E-state index contributed by atoms with van der Waals surface area (Å²) >= 11 is 0. The van der Waals surface area contributed by atoms with Crippen molar-refractivity contribution < 1.29 is 18.8 Å². The molecule has 1 saturated heterocycles. The van der Waals surface area contributed by atoms with Crippen molar-refractivity contribution in [2.45, 2.75) is 38.3 Å².